The zero-order valence-electron chi connectivity index (χ0n) is 12.0. The van der Waals surface area contributed by atoms with E-state index in [1.165, 1.54) is 6.20 Å². The number of carbonyl (C=O) groups is 1. The molecule has 1 amide bonds. The summed E-state index contributed by atoms with van der Waals surface area (Å²) in [4.78, 5) is 33.5. The number of nitrogens with one attached hydrogen (secondary N) is 2. The number of hydrogen-bond donors (Lipinski definition) is 3. The lowest BCUT2D eigenvalue weighted by Crippen LogP contribution is -2.27. The molecule has 0 aromatic carbocycles. The molecule has 21 heavy (non-hydrogen) atoms. The van der Waals surface area contributed by atoms with E-state index in [9.17, 15) is 14.7 Å². The van der Waals surface area contributed by atoms with Crippen molar-refractivity contribution in [2.24, 2.45) is 5.41 Å². The van der Waals surface area contributed by atoms with Gasteiger partial charge >= 0.3 is 0 Å². The van der Waals surface area contributed by atoms with Gasteiger partial charge in [0.15, 0.2) is 0 Å². The van der Waals surface area contributed by atoms with E-state index in [1.54, 1.807) is 32.9 Å². The number of pyridine rings is 1. The van der Waals surface area contributed by atoms with E-state index in [0.717, 1.165) is 6.07 Å². The highest BCUT2D eigenvalue weighted by Crippen LogP contribution is 2.19. The maximum absolute atomic E-state index is 11.8. The summed E-state index contributed by atoms with van der Waals surface area (Å²) in [6.45, 7) is 5.41. The first kappa shape index (κ1) is 14.7. The Bertz CT molecular complexity index is 714. The molecule has 0 spiro atoms. The predicted octanol–water partition coefficient (Wildman–Crippen LogP) is 1.52. The van der Waals surface area contributed by atoms with Crippen molar-refractivity contribution < 1.29 is 9.90 Å². The fourth-order valence-electron chi connectivity index (χ4n) is 1.49. The van der Waals surface area contributed by atoms with Crippen LogP contribution in [0.4, 0.5) is 5.82 Å². The van der Waals surface area contributed by atoms with Gasteiger partial charge in [0.2, 0.25) is 11.8 Å². The van der Waals surface area contributed by atoms with Crippen molar-refractivity contribution in [1.29, 1.82) is 0 Å². The largest absolute Gasteiger partial charge is 0.493 e. The van der Waals surface area contributed by atoms with Crippen molar-refractivity contribution in [2.45, 2.75) is 20.8 Å². The third-order valence-corrected chi connectivity index (χ3v) is 2.69. The lowest BCUT2D eigenvalue weighted by Gasteiger charge is -2.17. The van der Waals surface area contributed by atoms with Crippen LogP contribution in [0, 0.1) is 5.41 Å². The molecule has 2 rings (SSSR count). The fourth-order valence-corrected chi connectivity index (χ4v) is 1.49. The van der Waals surface area contributed by atoms with Gasteiger partial charge in [-0.05, 0) is 12.1 Å². The van der Waals surface area contributed by atoms with Gasteiger partial charge in [-0.15, -0.1) is 0 Å². The van der Waals surface area contributed by atoms with Crippen LogP contribution in [0.3, 0.4) is 0 Å². The van der Waals surface area contributed by atoms with Crippen LogP contribution in [0.5, 0.6) is 5.88 Å². The Morgan fingerprint density at radius 3 is 2.57 bits per heavy atom. The van der Waals surface area contributed by atoms with Crippen molar-refractivity contribution in [3.63, 3.8) is 0 Å². The molecule has 2 aromatic rings. The number of aromatic hydroxyl groups is 1. The second-order valence-corrected chi connectivity index (χ2v) is 5.59. The van der Waals surface area contributed by atoms with Crippen molar-refractivity contribution in [2.75, 3.05) is 5.32 Å². The molecular weight excluding hydrogens is 272 g/mol. The number of aromatic amines is 1. The Labute approximate surface area is 121 Å². The summed E-state index contributed by atoms with van der Waals surface area (Å²) in [6, 6.07) is 4.22. The molecule has 0 saturated heterocycles. The maximum atomic E-state index is 11.8. The first-order chi connectivity index (χ1) is 9.75. The average molecular weight is 288 g/mol. The van der Waals surface area contributed by atoms with Gasteiger partial charge in [-0.1, -0.05) is 20.8 Å². The number of hydrogen-bond acceptors (Lipinski definition) is 5. The average Bonchev–Trinajstić information content (AvgIpc) is 2.37. The molecule has 7 heteroatoms. The minimum atomic E-state index is -0.516. The van der Waals surface area contributed by atoms with E-state index in [1.807, 2.05) is 0 Å². The van der Waals surface area contributed by atoms with Crippen molar-refractivity contribution in [1.82, 2.24) is 15.0 Å². The van der Waals surface area contributed by atoms with E-state index in [4.69, 9.17) is 0 Å². The molecule has 0 bridgehead atoms. The molecule has 2 heterocycles. The van der Waals surface area contributed by atoms with E-state index in [0.29, 0.717) is 11.4 Å². The minimum Gasteiger partial charge on any atom is -0.493 e. The van der Waals surface area contributed by atoms with Gasteiger partial charge in [0.1, 0.15) is 11.6 Å². The second-order valence-electron chi connectivity index (χ2n) is 5.59. The number of carbonyl (C=O) groups excluding carboxylic acids is 1. The summed E-state index contributed by atoms with van der Waals surface area (Å²) in [6.07, 6.45) is 1.45. The lowest BCUT2D eigenvalue weighted by atomic mass is 9.96. The van der Waals surface area contributed by atoms with E-state index < -0.39 is 11.0 Å². The smallest absolute Gasteiger partial charge is 0.254 e. The molecule has 0 aliphatic carbocycles. The van der Waals surface area contributed by atoms with Crippen molar-refractivity contribution >= 4 is 11.7 Å². The van der Waals surface area contributed by atoms with E-state index in [2.05, 4.69) is 20.3 Å². The molecular formula is C14H16N4O3. The van der Waals surface area contributed by atoms with Crippen LogP contribution in [0.15, 0.2) is 29.2 Å². The Kier molecular flexibility index (Phi) is 3.75. The first-order valence-electron chi connectivity index (χ1n) is 6.34. The number of amides is 1. The van der Waals surface area contributed by atoms with E-state index >= 15 is 0 Å². The van der Waals surface area contributed by atoms with Gasteiger partial charge in [0.25, 0.3) is 5.56 Å². The van der Waals surface area contributed by atoms with Crippen LogP contribution in [0.1, 0.15) is 20.8 Å². The highest BCUT2D eigenvalue weighted by molar-refractivity contribution is 5.93. The maximum Gasteiger partial charge on any atom is 0.254 e. The molecule has 0 aliphatic heterocycles. The van der Waals surface area contributed by atoms with Crippen LogP contribution in [-0.4, -0.2) is 26.0 Å². The van der Waals surface area contributed by atoms with Gasteiger partial charge in [-0.3, -0.25) is 9.59 Å². The highest BCUT2D eigenvalue weighted by atomic mass is 16.3. The predicted molar refractivity (Wildman–Crippen MR) is 77.8 cm³/mol. The minimum absolute atomic E-state index is 0.147. The Balaban J connectivity index is 2.23. The summed E-state index contributed by atoms with van der Waals surface area (Å²) in [5.41, 5.74) is -0.447. The van der Waals surface area contributed by atoms with Gasteiger partial charge < -0.3 is 15.4 Å². The molecule has 0 aliphatic rings. The van der Waals surface area contributed by atoms with Crippen LogP contribution in [0.2, 0.25) is 0 Å². The number of anilines is 1. The quantitative estimate of drug-likeness (QED) is 0.776. The van der Waals surface area contributed by atoms with E-state index in [-0.39, 0.29) is 17.6 Å². The zero-order valence-corrected chi connectivity index (χ0v) is 12.0. The molecule has 0 unspecified atom stereocenters. The molecule has 7 nitrogen and oxygen atoms in total. The van der Waals surface area contributed by atoms with Crippen LogP contribution in [0.25, 0.3) is 11.4 Å². The molecule has 2 aromatic heterocycles. The van der Waals surface area contributed by atoms with Gasteiger partial charge in [-0.2, -0.15) is 4.98 Å². The van der Waals surface area contributed by atoms with Gasteiger partial charge in [0, 0.05) is 17.2 Å². The normalized spacial score (nSPS) is 11.2. The molecule has 0 fully saturated rings. The lowest BCUT2D eigenvalue weighted by molar-refractivity contribution is -0.123. The second kappa shape index (κ2) is 5.35. The standard InChI is InChI=1S/C14H16N4O3/c1-14(2,3)13(21)16-9-5-4-8(7-15-9)12-17-10(19)6-11(20)18-12/h4-7H,1-3H3,(H,15,16,21)(H2,17,18,19,20). The molecule has 0 saturated carbocycles. The Morgan fingerprint density at radius 1 is 1.33 bits per heavy atom. The number of nitrogens with zero attached hydrogens (tertiary/aromatic N) is 2. The summed E-state index contributed by atoms with van der Waals surface area (Å²) in [5, 5.41) is 12.0. The van der Waals surface area contributed by atoms with Gasteiger partial charge in [0.05, 0.1) is 6.07 Å². The molecule has 0 atom stereocenters. The number of H-pyrrole nitrogens is 1. The van der Waals surface area contributed by atoms with Crippen LogP contribution in [-0.2, 0) is 4.79 Å². The third-order valence-electron chi connectivity index (χ3n) is 2.69. The van der Waals surface area contributed by atoms with Gasteiger partial charge in [-0.25, -0.2) is 4.98 Å². The fraction of sp³-hybridized carbons (Fsp3) is 0.286. The third kappa shape index (κ3) is 3.65. The van der Waals surface area contributed by atoms with Crippen molar-refractivity contribution in [3.05, 3.63) is 34.7 Å². The van der Waals surface area contributed by atoms with Crippen molar-refractivity contribution in [3.8, 4) is 17.3 Å². The number of rotatable bonds is 2. The summed E-state index contributed by atoms with van der Waals surface area (Å²) < 4.78 is 0. The first-order valence-corrected chi connectivity index (χ1v) is 6.34. The topological polar surface area (TPSA) is 108 Å². The zero-order chi connectivity index (χ0) is 15.6. The Hall–Kier alpha value is -2.70. The molecule has 3 N–H and O–H groups in total. The monoisotopic (exact) mass is 288 g/mol. The number of aromatic nitrogens is 3. The SMILES string of the molecule is CC(C)(C)C(=O)Nc1ccc(-c2nc(O)cc(=O)[nH]2)cn1. The molecule has 0 radical (unpaired) electrons. The summed E-state index contributed by atoms with van der Waals surface area (Å²) in [7, 11) is 0. The van der Waals surface area contributed by atoms with Crippen LogP contribution < -0.4 is 10.9 Å². The summed E-state index contributed by atoms with van der Waals surface area (Å²) >= 11 is 0. The Morgan fingerprint density at radius 2 is 2.05 bits per heavy atom. The van der Waals surface area contributed by atoms with Crippen LogP contribution >= 0.6 is 0 Å². The summed E-state index contributed by atoms with van der Waals surface area (Å²) in [5.74, 6) is 0.105. The highest BCUT2D eigenvalue weighted by Gasteiger charge is 2.21. The molecule has 110 valence electrons.